The first-order valence-electron chi connectivity index (χ1n) is 5.91. The van der Waals surface area contributed by atoms with Crippen LogP contribution in [0.1, 0.15) is 32.6 Å². The minimum Gasteiger partial charge on any atom is -0.323 e. The quantitative estimate of drug-likeness (QED) is 0.846. The molecule has 90 valence electrons. The molecular weight excluding hydrogens is 252 g/mol. The number of hydrogen-bond acceptors (Lipinski definition) is 3. The lowest BCUT2D eigenvalue weighted by atomic mass is 9.74. The van der Waals surface area contributed by atoms with Gasteiger partial charge in [-0.1, -0.05) is 6.92 Å². The molecule has 5 heteroatoms. The lowest BCUT2D eigenvalue weighted by molar-refractivity contribution is 0.128. The zero-order valence-corrected chi connectivity index (χ0v) is 11.3. The third-order valence-corrected chi connectivity index (χ3v) is 5.05. The molecule has 1 fully saturated rings. The van der Waals surface area contributed by atoms with Crippen molar-refractivity contribution in [3.05, 3.63) is 26.6 Å². The number of nitrogens with one attached hydrogen (secondary N) is 1. The van der Waals surface area contributed by atoms with Crippen molar-refractivity contribution < 1.29 is 0 Å². The molecule has 0 spiro atoms. The number of H-pyrrole nitrogens is 1. The highest BCUT2D eigenvalue weighted by Crippen LogP contribution is 2.41. The molecule has 2 heterocycles. The van der Waals surface area contributed by atoms with Crippen molar-refractivity contribution in [2.24, 2.45) is 0 Å². The van der Waals surface area contributed by atoms with E-state index < -0.39 is 0 Å². The van der Waals surface area contributed by atoms with Gasteiger partial charge in [-0.3, -0.25) is 9.36 Å². The summed E-state index contributed by atoms with van der Waals surface area (Å²) in [7, 11) is 0. The Hall–Kier alpha value is -0.940. The number of aromatic nitrogens is 2. The molecule has 3 rings (SSSR count). The van der Waals surface area contributed by atoms with E-state index in [-0.39, 0.29) is 11.1 Å². The Morgan fingerprint density at radius 2 is 2.35 bits per heavy atom. The van der Waals surface area contributed by atoms with Gasteiger partial charge in [-0.15, -0.1) is 11.3 Å². The number of fused-ring (bicyclic) bond motifs is 1. The molecule has 0 aromatic carbocycles. The fraction of sp³-hybridized carbons (Fsp3) is 0.500. The molecule has 0 bridgehead atoms. The maximum Gasteiger partial charge on any atom is 0.263 e. The minimum atomic E-state index is -0.0270. The van der Waals surface area contributed by atoms with E-state index in [9.17, 15) is 4.79 Å². The Labute approximate surface area is 108 Å². The number of hydrogen-bond donors (Lipinski definition) is 1. The van der Waals surface area contributed by atoms with Gasteiger partial charge in [0.15, 0.2) is 4.77 Å². The smallest absolute Gasteiger partial charge is 0.263 e. The molecule has 0 unspecified atom stereocenters. The number of thiophene rings is 1. The summed E-state index contributed by atoms with van der Waals surface area (Å²) < 4.78 is 2.40. The molecule has 3 nitrogen and oxygen atoms in total. The van der Waals surface area contributed by atoms with Crippen LogP contribution >= 0.6 is 23.6 Å². The van der Waals surface area contributed by atoms with Gasteiger partial charge >= 0.3 is 0 Å². The van der Waals surface area contributed by atoms with Gasteiger partial charge in [-0.2, -0.15) is 0 Å². The summed E-state index contributed by atoms with van der Waals surface area (Å²) in [5.74, 6) is 0. The molecule has 0 saturated heterocycles. The van der Waals surface area contributed by atoms with Crippen LogP contribution in [0.3, 0.4) is 0 Å². The van der Waals surface area contributed by atoms with Crippen LogP contribution in [0, 0.1) is 4.77 Å². The number of aromatic amines is 1. The van der Waals surface area contributed by atoms with E-state index in [1.165, 1.54) is 17.8 Å². The topological polar surface area (TPSA) is 37.8 Å². The number of nitrogens with zero attached hydrogens (tertiary/aromatic N) is 1. The van der Waals surface area contributed by atoms with Gasteiger partial charge in [0, 0.05) is 0 Å². The van der Waals surface area contributed by atoms with Crippen molar-refractivity contribution in [1.29, 1.82) is 0 Å². The second kappa shape index (κ2) is 3.78. The lowest BCUT2D eigenvalue weighted by Gasteiger charge is -2.42. The first-order chi connectivity index (χ1) is 8.18. The van der Waals surface area contributed by atoms with Gasteiger partial charge in [-0.25, -0.2) is 0 Å². The summed E-state index contributed by atoms with van der Waals surface area (Å²) >= 11 is 6.89. The number of rotatable bonds is 2. The van der Waals surface area contributed by atoms with Gasteiger partial charge in [0.05, 0.1) is 10.9 Å². The molecule has 17 heavy (non-hydrogen) atoms. The SMILES string of the molecule is CCC1(n2c(=S)[nH]c3sccc3c2=O)CCC1. The van der Waals surface area contributed by atoms with E-state index in [4.69, 9.17) is 12.2 Å². The van der Waals surface area contributed by atoms with Crippen molar-refractivity contribution in [2.75, 3.05) is 0 Å². The average Bonchev–Trinajstić information content (AvgIpc) is 2.69. The third kappa shape index (κ3) is 1.45. The Morgan fingerprint density at radius 3 is 2.94 bits per heavy atom. The van der Waals surface area contributed by atoms with E-state index in [1.54, 1.807) is 0 Å². The maximum absolute atomic E-state index is 12.5. The van der Waals surface area contributed by atoms with E-state index in [2.05, 4.69) is 11.9 Å². The second-order valence-electron chi connectivity index (χ2n) is 4.67. The molecule has 0 aliphatic heterocycles. The first-order valence-corrected chi connectivity index (χ1v) is 7.20. The molecule has 2 aromatic heterocycles. The average molecular weight is 266 g/mol. The monoisotopic (exact) mass is 266 g/mol. The molecule has 1 saturated carbocycles. The first kappa shape index (κ1) is 11.2. The fourth-order valence-electron chi connectivity index (χ4n) is 2.69. The molecule has 2 aromatic rings. The molecule has 1 N–H and O–H groups in total. The lowest BCUT2D eigenvalue weighted by Crippen LogP contribution is -2.46. The van der Waals surface area contributed by atoms with Crippen LogP contribution < -0.4 is 5.56 Å². The van der Waals surface area contributed by atoms with Gasteiger partial charge in [0.25, 0.3) is 5.56 Å². The molecule has 0 amide bonds. The Kier molecular flexibility index (Phi) is 2.48. The van der Waals surface area contributed by atoms with Crippen LogP contribution in [0.4, 0.5) is 0 Å². The molecular formula is C12H14N2OS2. The van der Waals surface area contributed by atoms with Crippen LogP contribution in [0.5, 0.6) is 0 Å². The van der Waals surface area contributed by atoms with Crippen LogP contribution in [0.15, 0.2) is 16.2 Å². The Balaban J connectivity index is 2.36. The summed E-state index contributed by atoms with van der Waals surface area (Å²) in [6.07, 6.45) is 4.30. The molecule has 0 radical (unpaired) electrons. The van der Waals surface area contributed by atoms with Crippen molar-refractivity contribution in [1.82, 2.24) is 9.55 Å². The summed E-state index contributed by atoms with van der Waals surface area (Å²) in [5.41, 5.74) is 0.0485. The van der Waals surface area contributed by atoms with E-state index in [0.717, 1.165) is 29.5 Å². The zero-order valence-electron chi connectivity index (χ0n) is 9.66. The highest BCUT2D eigenvalue weighted by Gasteiger charge is 2.38. The summed E-state index contributed by atoms with van der Waals surface area (Å²) in [6.45, 7) is 2.14. The second-order valence-corrected chi connectivity index (χ2v) is 5.97. The van der Waals surface area contributed by atoms with E-state index in [0.29, 0.717) is 4.77 Å². The van der Waals surface area contributed by atoms with Crippen molar-refractivity contribution in [3.63, 3.8) is 0 Å². The van der Waals surface area contributed by atoms with E-state index >= 15 is 0 Å². The Morgan fingerprint density at radius 1 is 1.59 bits per heavy atom. The van der Waals surface area contributed by atoms with E-state index in [1.807, 2.05) is 16.0 Å². The van der Waals surface area contributed by atoms with Gasteiger partial charge in [-0.05, 0) is 49.3 Å². The third-order valence-electron chi connectivity index (χ3n) is 3.94. The fourth-order valence-corrected chi connectivity index (χ4v) is 3.91. The van der Waals surface area contributed by atoms with Crippen molar-refractivity contribution >= 4 is 33.8 Å². The predicted octanol–water partition coefficient (Wildman–Crippen LogP) is 3.41. The Bertz CT molecular complexity index is 670. The van der Waals surface area contributed by atoms with Crippen LogP contribution in [-0.2, 0) is 5.54 Å². The summed E-state index contributed by atoms with van der Waals surface area (Å²) in [4.78, 5) is 16.6. The molecule has 1 aliphatic rings. The standard InChI is InChI=1S/C12H14N2OS2/c1-2-12(5-3-6-12)14-10(15)8-4-7-17-9(8)13-11(14)16/h4,7H,2-3,5-6H2,1H3,(H,13,16). The normalized spacial score (nSPS) is 18.2. The minimum absolute atomic E-state index is 0.0270. The highest BCUT2D eigenvalue weighted by molar-refractivity contribution is 7.71. The summed E-state index contributed by atoms with van der Waals surface area (Å²) in [5, 5.41) is 2.70. The van der Waals surface area contributed by atoms with Gasteiger partial charge in [0.2, 0.25) is 0 Å². The van der Waals surface area contributed by atoms with Crippen LogP contribution in [-0.4, -0.2) is 9.55 Å². The maximum atomic E-state index is 12.5. The molecule has 1 aliphatic carbocycles. The van der Waals surface area contributed by atoms with Gasteiger partial charge in [0.1, 0.15) is 4.83 Å². The zero-order chi connectivity index (χ0) is 12.0. The van der Waals surface area contributed by atoms with Crippen molar-refractivity contribution in [2.45, 2.75) is 38.1 Å². The van der Waals surface area contributed by atoms with Crippen LogP contribution in [0.25, 0.3) is 10.2 Å². The van der Waals surface area contributed by atoms with Crippen LogP contribution in [0.2, 0.25) is 0 Å². The molecule has 0 atom stereocenters. The predicted molar refractivity (Wildman–Crippen MR) is 73.4 cm³/mol. The van der Waals surface area contributed by atoms with Gasteiger partial charge < -0.3 is 4.98 Å². The summed E-state index contributed by atoms with van der Waals surface area (Å²) in [6, 6.07) is 1.88. The highest BCUT2D eigenvalue weighted by atomic mass is 32.1. The van der Waals surface area contributed by atoms with Crippen molar-refractivity contribution in [3.8, 4) is 0 Å². The largest absolute Gasteiger partial charge is 0.323 e.